The molecule has 1 N–H and O–H groups in total. The lowest BCUT2D eigenvalue weighted by molar-refractivity contribution is -0.112. The summed E-state index contributed by atoms with van der Waals surface area (Å²) in [7, 11) is 0. The van der Waals surface area contributed by atoms with Crippen LogP contribution in [0.15, 0.2) is 47.4 Å². The van der Waals surface area contributed by atoms with Crippen LogP contribution in [0.2, 0.25) is 0 Å². The number of hydrogen-bond acceptors (Lipinski definition) is 3. The van der Waals surface area contributed by atoms with Gasteiger partial charge in [0.1, 0.15) is 0 Å². The fourth-order valence-electron chi connectivity index (χ4n) is 2.71. The molecule has 1 aromatic carbocycles. The molecule has 0 aliphatic carbocycles. The van der Waals surface area contributed by atoms with Gasteiger partial charge in [0.15, 0.2) is 0 Å². The van der Waals surface area contributed by atoms with Crippen LogP contribution in [0.25, 0.3) is 6.08 Å². The molecule has 0 bridgehead atoms. The van der Waals surface area contributed by atoms with Crippen LogP contribution in [0.3, 0.4) is 0 Å². The Morgan fingerprint density at radius 3 is 2.67 bits per heavy atom. The second kappa shape index (κ2) is 7.45. The summed E-state index contributed by atoms with van der Waals surface area (Å²) in [6, 6.07) is 11.1. The summed E-state index contributed by atoms with van der Waals surface area (Å²) in [6.45, 7) is 3.42. The maximum absolute atomic E-state index is 12.4. The van der Waals surface area contributed by atoms with E-state index < -0.39 is 0 Å². The van der Waals surface area contributed by atoms with Crippen LogP contribution >= 0.6 is 11.3 Å². The number of benzene rings is 1. The third kappa shape index (κ3) is 3.92. The highest BCUT2D eigenvalue weighted by Gasteiger charge is 2.19. The Balaban J connectivity index is 1.70. The summed E-state index contributed by atoms with van der Waals surface area (Å²) >= 11 is 1.59. The highest BCUT2D eigenvalue weighted by atomic mass is 32.1. The Morgan fingerprint density at radius 1 is 1.17 bits per heavy atom. The minimum Gasteiger partial charge on any atom is -0.339 e. The zero-order valence-corrected chi connectivity index (χ0v) is 14.4. The highest BCUT2D eigenvalue weighted by Crippen LogP contribution is 2.18. The van der Waals surface area contributed by atoms with E-state index in [1.54, 1.807) is 42.5 Å². The molecule has 4 nitrogen and oxygen atoms in total. The summed E-state index contributed by atoms with van der Waals surface area (Å²) in [4.78, 5) is 27.6. The van der Waals surface area contributed by atoms with Crippen LogP contribution in [0, 0.1) is 0 Å². The van der Waals surface area contributed by atoms with Crippen molar-refractivity contribution in [2.45, 2.75) is 19.8 Å². The molecular weight excluding hydrogens is 320 g/mol. The van der Waals surface area contributed by atoms with Crippen molar-refractivity contribution in [1.29, 1.82) is 0 Å². The smallest absolute Gasteiger partial charge is 0.253 e. The number of carbonyl (C=O) groups excluding carboxylic acids is 2. The fourth-order valence-corrected chi connectivity index (χ4v) is 3.43. The average Bonchev–Trinajstić information content (AvgIpc) is 3.28. The van der Waals surface area contributed by atoms with Gasteiger partial charge in [-0.25, -0.2) is 0 Å². The Hall–Kier alpha value is -2.40. The lowest BCUT2D eigenvalue weighted by Crippen LogP contribution is -2.27. The molecule has 2 aromatic rings. The number of nitrogens with one attached hydrogen (secondary N) is 1. The topological polar surface area (TPSA) is 49.4 Å². The molecule has 24 heavy (non-hydrogen) atoms. The van der Waals surface area contributed by atoms with Crippen molar-refractivity contribution in [2.75, 3.05) is 18.4 Å². The molecule has 2 heterocycles. The third-order valence-electron chi connectivity index (χ3n) is 4.02. The van der Waals surface area contributed by atoms with Gasteiger partial charge in [-0.15, -0.1) is 11.3 Å². The highest BCUT2D eigenvalue weighted by molar-refractivity contribution is 7.10. The van der Waals surface area contributed by atoms with Gasteiger partial charge in [0.25, 0.3) is 11.8 Å². The molecule has 1 saturated heterocycles. The fraction of sp³-hybridized carbons (Fsp3) is 0.263. The van der Waals surface area contributed by atoms with Crippen LogP contribution < -0.4 is 5.32 Å². The van der Waals surface area contributed by atoms with Crippen molar-refractivity contribution < 1.29 is 9.59 Å². The summed E-state index contributed by atoms with van der Waals surface area (Å²) in [5, 5.41) is 4.84. The number of amides is 2. The van der Waals surface area contributed by atoms with E-state index in [0.717, 1.165) is 30.8 Å². The van der Waals surface area contributed by atoms with E-state index in [2.05, 4.69) is 5.32 Å². The molecule has 0 unspecified atom stereocenters. The van der Waals surface area contributed by atoms with Gasteiger partial charge in [-0.2, -0.15) is 0 Å². The maximum Gasteiger partial charge on any atom is 0.253 e. The van der Waals surface area contributed by atoms with E-state index in [4.69, 9.17) is 0 Å². The minimum absolute atomic E-state index is 0.0365. The predicted molar refractivity (Wildman–Crippen MR) is 98.2 cm³/mol. The average molecular weight is 340 g/mol. The third-order valence-corrected chi connectivity index (χ3v) is 4.84. The first kappa shape index (κ1) is 16.5. The van der Waals surface area contributed by atoms with E-state index in [1.807, 2.05) is 28.5 Å². The van der Waals surface area contributed by atoms with E-state index in [9.17, 15) is 9.59 Å². The maximum atomic E-state index is 12.4. The lowest BCUT2D eigenvalue weighted by atomic mass is 10.1. The van der Waals surface area contributed by atoms with Crippen molar-refractivity contribution in [3.05, 3.63) is 57.8 Å². The van der Waals surface area contributed by atoms with E-state index in [0.29, 0.717) is 16.8 Å². The van der Waals surface area contributed by atoms with Crippen LogP contribution in [0.1, 0.15) is 35.0 Å². The van der Waals surface area contributed by atoms with Gasteiger partial charge < -0.3 is 10.2 Å². The Bertz CT molecular complexity index is 759. The second-order valence-corrected chi connectivity index (χ2v) is 6.86. The van der Waals surface area contributed by atoms with E-state index in [1.165, 1.54) is 0 Å². The van der Waals surface area contributed by atoms with E-state index in [-0.39, 0.29) is 11.8 Å². The first-order chi connectivity index (χ1) is 11.6. The second-order valence-electron chi connectivity index (χ2n) is 5.88. The number of thiophene rings is 1. The number of likely N-dealkylation sites (tertiary alicyclic amines) is 1. The molecule has 0 saturated carbocycles. The van der Waals surface area contributed by atoms with Gasteiger partial charge in [-0.05, 0) is 55.5 Å². The van der Waals surface area contributed by atoms with Gasteiger partial charge in [-0.1, -0.05) is 12.1 Å². The molecular formula is C19H20N2O2S. The van der Waals surface area contributed by atoms with Gasteiger partial charge in [0, 0.05) is 34.8 Å². The van der Waals surface area contributed by atoms with Crippen molar-refractivity contribution in [3.63, 3.8) is 0 Å². The van der Waals surface area contributed by atoms with Crippen molar-refractivity contribution in [2.24, 2.45) is 0 Å². The van der Waals surface area contributed by atoms with Gasteiger partial charge in [0.2, 0.25) is 0 Å². The molecule has 1 aromatic heterocycles. The van der Waals surface area contributed by atoms with Crippen LogP contribution in [-0.2, 0) is 4.79 Å². The Kier molecular flexibility index (Phi) is 5.11. The largest absolute Gasteiger partial charge is 0.339 e. The zero-order chi connectivity index (χ0) is 16.9. The molecule has 0 spiro atoms. The number of anilines is 1. The quantitative estimate of drug-likeness (QED) is 0.855. The zero-order valence-electron chi connectivity index (χ0n) is 13.6. The van der Waals surface area contributed by atoms with Gasteiger partial charge >= 0.3 is 0 Å². The normalized spacial score (nSPS) is 14.7. The Morgan fingerprint density at radius 2 is 1.96 bits per heavy atom. The molecule has 1 aliphatic rings. The van der Waals surface area contributed by atoms with Crippen molar-refractivity contribution in [1.82, 2.24) is 4.90 Å². The first-order valence-electron chi connectivity index (χ1n) is 8.06. The van der Waals surface area contributed by atoms with Crippen LogP contribution in [-0.4, -0.2) is 29.8 Å². The summed E-state index contributed by atoms with van der Waals surface area (Å²) < 4.78 is 0. The van der Waals surface area contributed by atoms with Crippen molar-refractivity contribution in [3.8, 4) is 0 Å². The van der Waals surface area contributed by atoms with E-state index >= 15 is 0 Å². The summed E-state index contributed by atoms with van der Waals surface area (Å²) in [5.74, 6) is -0.122. The number of carbonyl (C=O) groups is 2. The van der Waals surface area contributed by atoms with Crippen LogP contribution in [0.5, 0.6) is 0 Å². The standard InChI is InChI=1S/C19H20N2O2S/c1-14(12-17-8-5-11-24-17)18(22)20-16-7-4-6-15(13-16)19(23)21-9-2-3-10-21/h4-8,11-13H,2-3,9-10H2,1H3,(H,20,22)/b14-12+. The summed E-state index contributed by atoms with van der Waals surface area (Å²) in [6.07, 6.45) is 3.99. The SMILES string of the molecule is C/C(=C\c1cccs1)C(=O)Nc1cccc(C(=O)N2CCCC2)c1. The van der Waals surface area contributed by atoms with Crippen LogP contribution in [0.4, 0.5) is 5.69 Å². The summed E-state index contributed by atoms with van der Waals surface area (Å²) in [5.41, 5.74) is 1.90. The lowest BCUT2D eigenvalue weighted by Gasteiger charge is -2.15. The minimum atomic E-state index is -0.158. The molecule has 124 valence electrons. The number of nitrogens with zero attached hydrogens (tertiary/aromatic N) is 1. The monoisotopic (exact) mass is 340 g/mol. The number of hydrogen-bond donors (Lipinski definition) is 1. The molecule has 0 radical (unpaired) electrons. The molecule has 0 atom stereocenters. The van der Waals surface area contributed by atoms with Gasteiger partial charge in [-0.3, -0.25) is 9.59 Å². The van der Waals surface area contributed by atoms with Gasteiger partial charge in [0.05, 0.1) is 0 Å². The molecule has 5 heteroatoms. The Labute approximate surface area is 145 Å². The molecule has 1 fully saturated rings. The predicted octanol–water partition coefficient (Wildman–Crippen LogP) is 4.03. The molecule has 1 aliphatic heterocycles. The molecule has 3 rings (SSSR count). The first-order valence-corrected chi connectivity index (χ1v) is 8.94. The molecule has 2 amide bonds. The number of rotatable bonds is 4. The van der Waals surface area contributed by atoms with Crippen molar-refractivity contribution >= 4 is 34.9 Å².